The van der Waals surface area contributed by atoms with Crippen LogP contribution in [0.4, 0.5) is 4.79 Å². The summed E-state index contributed by atoms with van der Waals surface area (Å²) in [5.74, 6) is 0.864. The molecule has 0 bridgehead atoms. The Balaban J connectivity index is 2.09. The number of nitrogens with one attached hydrogen (secondary N) is 1. The number of benzene rings is 1. The summed E-state index contributed by atoms with van der Waals surface area (Å²) in [5, 5.41) is 13.9. The van der Waals surface area contributed by atoms with Crippen molar-refractivity contribution in [2.75, 3.05) is 6.61 Å². The highest BCUT2D eigenvalue weighted by atomic mass is 16.5. The number of aryl methyl sites for hydroxylation is 2. The van der Waals surface area contributed by atoms with Gasteiger partial charge in [-0.2, -0.15) is 0 Å². The van der Waals surface area contributed by atoms with E-state index in [1.807, 2.05) is 39.0 Å². The van der Waals surface area contributed by atoms with Crippen molar-refractivity contribution in [3.05, 3.63) is 52.6 Å². The second-order valence-electron chi connectivity index (χ2n) is 7.88. The van der Waals surface area contributed by atoms with E-state index in [9.17, 15) is 9.59 Å². The molecule has 0 aliphatic carbocycles. The van der Waals surface area contributed by atoms with Crippen LogP contribution in [-0.2, 0) is 7.05 Å². The lowest BCUT2D eigenvalue weighted by atomic mass is 10.0. The lowest BCUT2D eigenvalue weighted by molar-refractivity contribution is 0.176. The topological polar surface area (TPSA) is 93.5 Å². The predicted octanol–water partition coefficient (Wildman–Crippen LogP) is 4.10. The molecule has 1 atom stereocenters. The predicted molar refractivity (Wildman–Crippen MR) is 119 cm³/mol. The molecule has 7 heteroatoms. The van der Waals surface area contributed by atoms with Crippen molar-refractivity contribution in [1.29, 1.82) is 0 Å². The molecule has 7 nitrogen and oxygen atoms in total. The number of carboxylic acid groups (broad SMARTS) is 1. The van der Waals surface area contributed by atoms with Crippen LogP contribution in [0, 0.1) is 12.8 Å². The van der Waals surface area contributed by atoms with E-state index in [4.69, 9.17) is 9.84 Å². The molecule has 1 aromatic carbocycles. The standard InChI is InChI=1S/C23H27N3O4/c1-6-15-10-18-17-7-8-24-14(4)21(17)22(27)26(5)19(18)11-20(15)30-12-16(9-13(2)3)25-23(28)29/h6-8,10-11,13,16,25H,1,9,12H2,2-5H3,(H,28,29). The summed E-state index contributed by atoms with van der Waals surface area (Å²) < 4.78 is 7.60. The number of fused-ring (bicyclic) bond motifs is 3. The third-order valence-corrected chi connectivity index (χ3v) is 5.18. The molecule has 158 valence electrons. The minimum absolute atomic E-state index is 0.120. The van der Waals surface area contributed by atoms with Gasteiger partial charge in [0.05, 0.1) is 22.6 Å². The van der Waals surface area contributed by atoms with Crippen LogP contribution in [-0.4, -0.2) is 33.4 Å². The Morgan fingerprint density at radius 1 is 1.37 bits per heavy atom. The van der Waals surface area contributed by atoms with Gasteiger partial charge in [0, 0.05) is 30.3 Å². The van der Waals surface area contributed by atoms with Gasteiger partial charge in [0.25, 0.3) is 5.56 Å². The number of hydrogen-bond donors (Lipinski definition) is 2. The van der Waals surface area contributed by atoms with Gasteiger partial charge < -0.3 is 19.7 Å². The monoisotopic (exact) mass is 409 g/mol. The summed E-state index contributed by atoms with van der Waals surface area (Å²) in [6.07, 6.45) is 2.97. The molecule has 1 amide bonds. The van der Waals surface area contributed by atoms with E-state index in [-0.39, 0.29) is 18.2 Å². The molecule has 0 saturated carbocycles. The van der Waals surface area contributed by atoms with Crippen molar-refractivity contribution in [3.8, 4) is 5.75 Å². The third-order valence-electron chi connectivity index (χ3n) is 5.18. The average molecular weight is 409 g/mol. The fourth-order valence-corrected chi connectivity index (χ4v) is 3.80. The van der Waals surface area contributed by atoms with Gasteiger partial charge >= 0.3 is 6.09 Å². The molecule has 0 spiro atoms. The molecule has 0 radical (unpaired) electrons. The van der Waals surface area contributed by atoms with Gasteiger partial charge in [-0.05, 0) is 36.8 Å². The molecular formula is C23H27N3O4. The van der Waals surface area contributed by atoms with Crippen LogP contribution in [0.3, 0.4) is 0 Å². The fourth-order valence-electron chi connectivity index (χ4n) is 3.80. The van der Waals surface area contributed by atoms with Gasteiger partial charge in [0.2, 0.25) is 0 Å². The first-order valence-corrected chi connectivity index (χ1v) is 9.89. The van der Waals surface area contributed by atoms with Crippen molar-refractivity contribution in [1.82, 2.24) is 14.9 Å². The van der Waals surface area contributed by atoms with Crippen LogP contribution < -0.4 is 15.6 Å². The van der Waals surface area contributed by atoms with Gasteiger partial charge in [0.15, 0.2) is 0 Å². The molecule has 1 unspecified atom stereocenters. The zero-order chi connectivity index (χ0) is 22.0. The second kappa shape index (κ2) is 8.57. The van der Waals surface area contributed by atoms with Gasteiger partial charge in [-0.25, -0.2) is 4.79 Å². The molecule has 0 aliphatic rings. The van der Waals surface area contributed by atoms with Crippen molar-refractivity contribution < 1.29 is 14.6 Å². The van der Waals surface area contributed by atoms with Crippen LogP contribution in [0.15, 0.2) is 35.8 Å². The highest BCUT2D eigenvalue weighted by Crippen LogP contribution is 2.31. The fraction of sp³-hybridized carbons (Fsp3) is 0.348. The highest BCUT2D eigenvalue weighted by Gasteiger charge is 2.17. The Labute approximate surface area is 175 Å². The summed E-state index contributed by atoms with van der Waals surface area (Å²) in [4.78, 5) is 28.3. The average Bonchev–Trinajstić information content (AvgIpc) is 2.68. The Bertz CT molecular complexity index is 1180. The number of aromatic nitrogens is 2. The van der Waals surface area contributed by atoms with E-state index in [0.717, 1.165) is 21.9 Å². The molecule has 0 aliphatic heterocycles. The highest BCUT2D eigenvalue weighted by molar-refractivity contribution is 6.07. The first-order valence-electron chi connectivity index (χ1n) is 9.89. The van der Waals surface area contributed by atoms with Crippen molar-refractivity contribution in [2.45, 2.75) is 33.2 Å². The third kappa shape index (κ3) is 4.15. The maximum absolute atomic E-state index is 12.9. The summed E-state index contributed by atoms with van der Waals surface area (Å²) >= 11 is 0. The van der Waals surface area contributed by atoms with Crippen molar-refractivity contribution in [3.63, 3.8) is 0 Å². The van der Waals surface area contributed by atoms with Gasteiger partial charge in [0.1, 0.15) is 12.4 Å². The van der Waals surface area contributed by atoms with E-state index in [1.54, 1.807) is 23.9 Å². The Hall–Kier alpha value is -3.35. The maximum Gasteiger partial charge on any atom is 0.404 e. The van der Waals surface area contributed by atoms with Crippen LogP contribution in [0.2, 0.25) is 0 Å². The number of pyridine rings is 2. The molecule has 30 heavy (non-hydrogen) atoms. The molecule has 3 rings (SSSR count). The Morgan fingerprint density at radius 3 is 2.73 bits per heavy atom. The Morgan fingerprint density at radius 2 is 2.10 bits per heavy atom. The zero-order valence-electron chi connectivity index (χ0n) is 17.7. The van der Waals surface area contributed by atoms with Crippen molar-refractivity contribution in [2.24, 2.45) is 13.0 Å². The maximum atomic E-state index is 12.9. The summed E-state index contributed by atoms with van der Waals surface area (Å²) in [5.41, 5.74) is 2.07. The minimum Gasteiger partial charge on any atom is -0.491 e. The van der Waals surface area contributed by atoms with Gasteiger partial charge in [-0.15, -0.1) is 0 Å². The number of carbonyl (C=O) groups is 1. The summed E-state index contributed by atoms with van der Waals surface area (Å²) in [6.45, 7) is 9.95. The number of rotatable bonds is 7. The smallest absolute Gasteiger partial charge is 0.404 e. The Kier molecular flexibility index (Phi) is 6.10. The van der Waals surface area contributed by atoms with Crippen LogP contribution in [0.1, 0.15) is 31.5 Å². The van der Waals surface area contributed by atoms with Gasteiger partial charge in [-0.1, -0.05) is 26.5 Å². The first-order chi connectivity index (χ1) is 14.2. The van der Waals surface area contributed by atoms with Crippen LogP contribution in [0.5, 0.6) is 5.75 Å². The zero-order valence-corrected chi connectivity index (χ0v) is 17.7. The van der Waals surface area contributed by atoms with Crippen LogP contribution >= 0.6 is 0 Å². The SMILES string of the molecule is C=Cc1cc2c3ccnc(C)c3c(=O)n(C)c2cc1OCC(CC(C)C)NC(=O)O. The summed E-state index contributed by atoms with van der Waals surface area (Å²) in [7, 11) is 1.72. The lowest BCUT2D eigenvalue weighted by Crippen LogP contribution is -2.39. The number of ether oxygens (including phenoxy) is 1. The molecule has 0 saturated heterocycles. The molecule has 2 N–H and O–H groups in total. The van der Waals surface area contributed by atoms with E-state index < -0.39 is 6.09 Å². The lowest BCUT2D eigenvalue weighted by Gasteiger charge is -2.21. The number of amides is 1. The normalized spacial score (nSPS) is 12.3. The van der Waals surface area contributed by atoms with E-state index in [1.165, 1.54) is 0 Å². The molecule has 2 aromatic heterocycles. The number of hydrogen-bond acceptors (Lipinski definition) is 4. The minimum atomic E-state index is -1.08. The molecule has 2 heterocycles. The number of nitrogens with zero attached hydrogens (tertiary/aromatic N) is 2. The largest absolute Gasteiger partial charge is 0.491 e. The van der Waals surface area contributed by atoms with Crippen LogP contribution in [0.25, 0.3) is 27.8 Å². The quantitative estimate of drug-likeness (QED) is 0.573. The van der Waals surface area contributed by atoms with E-state index in [0.29, 0.717) is 29.2 Å². The van der Waals surface area contributed by atoms with E-state index >= 15 is 0 Å². The second-order valence-corrected chi connectivity index (χ2v) is 7.88. The molecular weight excluding hydrogens is 382 g/mol. The molecule has 0 fully saturated rings. The van der Waals surface area contributed by atoms with Crippen molar-refractivity contribution >= 4 is 33.8 Å². The van der Waals surface area contributed by atoms with E-state index in [2.05, 4.69) is 16.9 Å². The van der Waals surface area contributed by atoms with Gasteiger partial charge in [-0.3, -0.25) is 9.78 Å². The summed E-state index contributed by atoms with van der Waals surface area (Å²) in [6, 6.07) is 5.26. The first kappa shape index (κ1) is 21.4. The molecule has 3 aromatic rings.